The zero-order valence-electron chi connectivity index (χ0n) is 13.5. The van der Waals surface area contributed by atoms with Crippen LogP contribution in [0, 0.1) is 6.92 Å². The van der Waals surface area contributed by atoms with Crippen molar-refractivity contribution in [3.63, 3.8) is 0 Å². The molecule has 0 atom stereocenters. The van der Waals surface area contributed by atoms with E-state index in [0.717, 1.165) is 11.1 Å². The summed E-state index contributed by atoms with van der Waals surface area (Å²) in [6, 6.07) is 12.6. The minimum absolute atomic E-state index is 0.0377. The van der Waals surface area contributed by atoms with Crippen LogP contribution < -0.4 is 9.64 Å². The number of aryl methyl sites for hydroxylation is 1. The number of carbonyl (C=O) groups is 2. The number of carboxylic acids is 1. The molecular weight excluding hydrogens is 342 g/mol. The van der Waals surface area contributed by atoms with E-state index in [2.05, 4.69) is 0 Å². The number of amides is 1. The van der Waals surface area contributed by atoms with Crippen LogP contribution in [0.1, 0.15) is 17.5 Å². The second-order valence-electron chi connectivity index (χ2n) is 5.74. The fourth-order valence-electron chi connectivity index (χ4n) is 2.62. The van der Waals surface area contributed by atoms with E-state index in [1.54, 1.807) is 24.3 Å². The summed E-state index contributed by atoms with van der Waals surface area (Å²) < 4.78 is 5.74. The molecule has 1 amide bonds. The summed E-state index contributed by atoms with van der Waals surface area (Å²) in [7, 11) is 0. The fourth-order valence-corrected chi connectivity index (χ4v) is 2.79. The molecule has 2 aromatic carbocycles. The molecule has 0 unspecified atom stereocenters. The highest BCUT2D eigenvalue weighted by molar-refractivity contribution is 6.31. The number of nitrogens with zero attached hydrogens (tertiary/aromatic N) is 1. The topological polar surface area (TPSA) is 66.8 Å². The van der Waals surface area contributed by atoms with Crippen molar-refractivity contribution in [1.29, 1.82) is 0 Å². The van der Waals surface area contributed by atoms with Gasteiger partial charge < -0.3 is 14.7 Å². The van der Waals surface area contributed by atoms with Gasteiger partial charge in [0.05, 0.1) is 12.1 Å². The number of rotatable bonds is 4. The number of benzene rings is 2. The van der Waals surface area contributed by atoms with Crippen molar-refractivity contribution in [1.82, 2.24) is 0 Å². The maximum absolute atomic E-state index is 12.8. The maximum Gasteiger partial charge on any atom is 0.305 e. The minimum atomic E-state index is -0.980. The van der Waals surface area contributed by atoms with Crippen LogP contribution in [0.5, 0.6) is 5.75 Å². The first-order valence-corrected chi connectivity index (χ1v) is 8.11. The van der Waals surface area contributed by atoms with Crippen LogP contribution in [0.2, 0.25) is 5.02 Å². The SMILES string of the molecule is Cc1cccc(/C=C2/Oc3ccc(Cl)cc3N(CCC(=O)O)C2=O)c1. The number of carboxylic acid groups (broad SMARTS) is 1. The van der Waals surface area contributed by atoms with Gasteiger partial charge in [-0.25, -0.2) is 0 Å². The van der Waals surface area contributed by atoms with Gasteiger partial charge in [-0.2, -0.15) is 0 Å². The van der Waals surface area contributed by atoms with Crippen LogP contribution in [0.3, 0.4) is 0 Å². The zero-order valence-corrected chi connectivity index (χ0v) is 14.3. The zero-order chi connectivity index (χ0) is 18.0. The Hall–Kier alpha value is -2.79. The lowest BCUT2D eigenvalue weighted by Crippen LogP contribution is -2.38. The molecule has 6 heteroatoms. The number of anilines is 1. The summed E-state index contributed by atoms with van der Waals surface area (Å²) in [5.41, 5.74) is 2.37. The summed E-state index contributed by atoms with van der Waals surface area (Å²) in [6.07, 6.45) is 1.48. The van der Waals surface area contributed by atoms with E-state index in [1.807, 2.05) is 31.2 Å². The molecule has 0 spiro atoms. The molecule has 0 bridgehead atoms. The van der Waals surface area contributed by atoms with Gasteiger partial charge in [-0.1, -0.05) is 41.4 Å². The Morgan fingerprint density at radius 2 is 2.08 bits per heavy atom. The number of aliphatic carboxylic acids is 1. The van der Waals surface area contributed by atoms with Crippen molar-refractivity contribution >= 4 is 35.2 Å². The largest absolute Gasteiger partial charge is 0.481 e. The van der Waals surface area contributed by atoms with E-state index in [0.29, 0.717) is 16.5 Å². The fraction of sp³-hybridized carbons (Fsp3) is 0.158. The first kappa shape index (κ1) is 17.0. The minimum Gasteiger partial charge on any atom is -0.481 e. The molecule has 0 fully saturated rings. The van der Waals surface area contributed by atoms with E-state index in [9.17, 15) is 9.59 Å². The predicted molar refractivity (Wildman–Crippen MR) is 95.8 cm³/mol. The van der Waals surface area contributed by atoms with Gasteiger partial charge in [-0.15, -0.1) is 0 Å². The summed E-state index contributed by atoms with van der Waals surface area (Å²) in [6.45, 7) is 2.00. The van der Waals surface area contributed by atoms with E-state index in [4.69, 9.17) is 21.4 Å². The van der Waals surface area contributed by atoms with Crippen LogP contribution in [0.4, 0.5) is 5.69 Å². The molecule has 0 saturated carbocycles. The van der Waals surface area contributed by atoms with Crippen molar-refractivity contribution in [3.8, 4) is 5.75 Å². The third kappa shape index (κ3) is 3.83. The summed E-state index contributed by atoms with van der Waals surface area (Å²) in [5.74, 6) is -0.760. The third-order valence-electron chi connectivity index (χ3n) is 3.78. The van der Waals surface area contributed by atoms with Gasteiger partial charge in [0.2, 0.25) is 0 Å². The summed E-state index contributed by atoms with van der Waals surface area (Å²) in [4.78, 5) is 25.1. The highest BCUT2D eigenvalue weighted by Crippen LogP contribution is 2.37. The van der Waals surface area contributed by atoms with Gasteiger partial charge in [0.1, 0.15) is 0 Å². The predicted octanol–water partition coefficient (Wildman–Crippen LogP) is 3.89. The molecule has 0 aromatic heterocycles. The van der Waals surface area contributed by atoms with Crippen molar-refractivity contribution in [3.05, 3.63) is 64.4 Å². The summed E-state index contributed by atoms with van der Waals surface area (Å²) >= 11 is 6.01. The van der Waals surface area contributed by atoms with Gasteiger partial charge in [0, 0.05) is 11.6 Å². The summed E-state index contributed by atoms with van der Waals surface area (Å²) in [5, 5.41) is 9.40. The number of halogens is 1. The monoisotopic (exact) mass is 357 g/mol. The Balaban J connectivity index is 2.01. The van der Waals surface area contributed by atoms with Crippen LogP contribution in [0.15, 0.2) is 48.2 Å². The molecule has 2 aromatic rings. The van der Waals surface area contributed by atoms with E-state index < -0.39 is 11.9 Å². The first-order valence-electron chi connectivity index (χ1n) is 7.73. The quantitative estimate of drug-likeness (QED) is 0.843. The average molecular weight is 358 g/mol. The second-order valence-corrected chi connectivity index (χ2v) is 6.17. The molecule has 5 nitrogen and oxygen atoms in total. The molecule has 3 rings (SSSR count). The lowest BCUT2D eigenvalue weighted by atomic mass is 10.1. The molecule has 1 aliphatic rings. The van der Waals surface area contributed by atoms with Gasteiger partial charge in [0.25, 0.3) is 5.91 Å². The Morgan fingerprint density at radius 1 is 1.28 bits per heavy atom. The highest BCUT2D eigenvalue weighted by atomic mass is 35.5. The average Bonchev–Trinajstić information content (AvgIpc) is 2.55. The molecule has 1 aliphatic heterocycles. The normalized spacial score (nSPS) is 15.0. The highest BCUT2D eigenvalue weighted by Gasteiger charge is 2.30. The van der Waals surface area contributed by atoms with Crippen LogP contribution >= 0.6 is 11.6 Å². The van der Waals surface area contributed by atoms with Crippen LogP contribution in [-0.2, 0) is 9.59 Å². The number of hydrogen-bond acceptors (Lipinski definition) is 3. The number of hydrogen-bond donors (Lipinski definition) is 1. The Bertz CT molecular complexity index is 875. The van der Waals surface area contributed by atoms with Crippen molar-refractivity contribution in [2.75, 3.05) is 11.4 Å². The third-order valence-corrected chi connectivity index (χ3v) is 4.01. The molecule has 0 saturated heterocycles. The van der Waals surface area contributed by atoms with Gasteiger partial charge in [0.15, 0.2) is 11.5 Å². The lowest BCUT2D eigenvalue weighted by Gasteiger charge is -2.30. The smallest absolute Gasteiger partial charge is 0.305 e. The van der Waals surface area contributed by atoms with Gasteiger partial charge in [-0.05, 0) is 36.8 Å². The lowest BCUT2D eigenvalue weighted by molar-refractivity contribution is -0.136. The molecule has 1 N–H and O–H groups in total. The molecule has 0 aliphatic carbocycles. The van der Waals surface area contributed by atoms with Crippen molar-refractivity contribution in [2.24, 2.45) is 0 Å². The van der Waals surface area contributed by atoms with E-state index in [-0.39, 0.29) is 18.7 Å². The molecule has 128 valence electrons. The number of carbonyl (C=O) groups excluding carboxylic acids is 1. The molecule has 1 heterocycles. The molecule has 0 radical (unpaired) electrons. The Morgan fingerprint density at radius 3 is 2.80 bits per heavy atom. The maximum atomic E-state index is 12.8. The van der Waals surface area contributed by atoms with Crippen molar-refractivity contribution in [2.45, 2.75) is 13.3 Å². The Kier molecular flexibility index (Phi) is 4.76. The van der Waals surface area contributed by atoms with Crippen LogP contribution in [0.25, 0.3) is 6.08 Å². The molecular formula is C19H16ClNO4. The van der Waals surface area contributed by atoms with Crippen molar-refractivity contribution < 1.29 is 19.4 Å². The van der Waals surface area contributed by atoms with Gasteiger partial charge >= 0.3 is 5.97 Å². The standard InChI is InChI=1S/C19H16ClNO4/c1-12-3-2-4-13(9-12)10-17-19(24)21(8-7-18(22)23)15-11-14(20)5-6-16(15)25-17/h2-6,9-11H,7-8H2,1H3,(H,22,23)/b17-10+. The molecule has 25 heavy (non-hydrogen) atoms. The van der Waals surface area contributed by atoms with Crippen LogP contribution in [-0.4, -0.2) is 23.5 Å². The van der Waals surface area contributed by atoms with Gasteiger partial charge in [-0.3, -0.25) is 9.59 Å². The van der Waals surface area contributed by atoms with E-state index in [1.165, 1.54) is 4.90 Å². The Labute approximate surface area is 150 Å². The number of ether oxygens (including phenoxy) is 1. The second kappa shape index (κ2) is 6.99. The first-order chi connectivity index (χ1) is 11.9. The number of fused-ring (bicyclic) bond motifs is 1. The van der Waals surface area contributed by atoms with E-state index >= 15 is 0 Å².